The predicted molar refractivity (Wildman–Crippen MR) is 115 cm³/mol. The summed E-state index contributed by atoms with van der Waals surface area (Å²) in [6.45, 7) is 1.92. The fraction of sp³-hybridized carbons (Fsp3) is 0.100. The van der Waals surface area contributed by atoms with E-state index in [1.807, 2.05) is 19.1 Å². The third kappa shape index (κ3) is 3.10. The van der Waals surface area contributed by atoms with Crippen LogP contribution in [0.25, 0.3) is 10.9 Å². The molecule has 0 saturated heterocycles. The van der Waals surface area contributed by atoms with Crippen LogP contribution in [0.5, 0.6) is 5.88 Å². The number of ether oxygens (including phenoxy) is 1. The lowest BCUT2D eigenvalue weighted by Crippen LogP contribution is -2.39. The van der Waals surface area contributed by atoms with Crippen molar-refractivity contribution in [3.63, 3.8) is 0 Å². The standard InChI is InChI=1S/C20H14Cl2N6O2/c1-10-5-12(6-11-7-24-27-16(10)11)25-20-23-8-13-18(26-20)30-9-28(19(13)29)17-14(21)3-2-4-15(17)22/h2-8H,9H2,1H3,(H,24,27)(H,23,25,26). The van der Waals surface area contributed by atoms with Crippen LogP contribution in [0.4, 0.5) is 17.3 Å². The van der Waals surface area contributed by atoms with Crippen LogP contribution in [-0.2, 0) is 0 Å². The lowest BCUT2D eigenvalue weighted by Gasteiger charge is -2.29. The zero-order valence-corrected chi connectivity index (χ0v) is 17.1. The van der Waals surface area contributed by atoms with E-state index in [9.17, 15) is 4.79 Å². The number of nitrogens with one attached hydrogen (secondary N) is 2. The first-order valence-corrected chi connectivity index (χ1v) is 9.73. The molecule has 0 radical (unpaired) electrons. The van der Waals surface area contributed by atoms with E-state index in [1.54, 1.807) is 24.4 Å². The molecule has 0 atom stereocenters. The summed E-state index contributed by atoms with van der Waals surface area (Å²) in [5, 5.41) is 11.8. The summed E-state index contributed by atoms with van der Waals surface area (Å²) in [7, 11) is 0. The minimum absolute atomic E-state index is 0.0637. The van der Waals surface area contributed by atoms with Crippen molar-refractivity contribution in [2.45, 2.75) is 6.92 Å². The van der Waals surface area contributed by atoms with E-state index in [1.165, 1.54) is 11.1 Å². The first kappa shape index (κ1) is 18.7. The maximum absolute atomic E-state index is 13.0. The maximum atomic E-state index is 13.0. The van der Waals surface area contributed by atoms with Gasteiger partial charge in [0.2, 0.25) is 11.8 Å². The number of carbonyl (C=O) groups excluding carboxylic acids is 1. The second kappa shape index (κ2) is 7.16. The third-order valence-electron chi connectivity index (χ3n) is 4.77. The van der Waals surface area contributed by atoms with E-state index in [4.69, 9.17) is 27.9 Å². The van der Waals surface area contributed by atoms with Crippen LogP contribution in [0.3, 0.4) is 0 Å². The smallest absolute Gasteiger partial charge is 0.268 e. The van der Waals surface area contributed by atoms with Gasteiger partial charge < -0.3 is 10.1 Å². The van der Waals surface area contributed by atoms with E-state index < -0.39 is 0 Å². The van der Waals surface area contributed by atoms with Gasteiger partial charge in [0.25, 0.3) is 5.91 Å². The van der Waals surface area contributed by atoms with Gasteiger partial charge in [0.05, 0.1) is 27.4 Å². The molecular weight excluding hydrogens is 427 g/mol. The lowest BCUT2D eigenvalue weighted by atomic mass is 10.1. The average molecular weight is 441 g/mol. The summed E-state index contributed by atoms with van der Waals surface area (Å²) in [6.07, 6.45) is 3.17. The highest BCUT2D eigenvalue weighted by molar-refractivity contribution is 6.40. The first-order valence-electron chi connectivity index (χ1n) is 8.98. The molecule has 5 rings (SSSR count). The number of fused-ring (bicyclic) bond motifs is 2. The lowest BCUT2D eigenvalue weighted by molar-refractivity contribution is 0.0932. The Labute approximate surface area is 180 Å². The fourth-order valence-electron chi connectivity index (χ4n) is 3.36. The Morgan fingerprint density at radius 3 is 2.80 bits per heavy atom. The van der Waals surface area contributed by atoms with Crippen LogP contribution >= 0.6 is 23.2 Å². The monoisotopic (exact) mass is 440 g/mol. The van der Waals surface area contributed by atoms with Crippen LogP contribution in [0.1, 0.15) is 15.9 Å². The zero-order valence-electron chi connectivity index (χ0n) is 15.6. The van der Waals surface area contributed by atoms with Crippen molar-refractivity contribution >= 4 is 57.3 Å². The van der Waals surface area contributed by atoms with Crippen molar-refractivity contribution in [2.75, 3.05) is 16.9 Å². The van der Waals surface area contributed by atoms with E-state index in [-0.39, 0.29) is 24.1 Å². The number of hydrogen-bond donors (Lipinski definition) is 2. The first-order chi connectivity index (χ1) is 14.5. The molecule has 1 amide bonds. The number of halogens is 2. The highest BCUT2D eigenvalue weighted by Gasteiger charge is 2.31. The van der Waals surface area contributed by atoms with Crippen molar-refractivity contribution in [3.05, 3.63) is 63.9 Å². The number of aromatic nitrogens is 4. The topological polar surface area (TPSA) is 96.0 Å². The van der Waals surface area contributed by atoms with Crippen molar-refractivity contribution in [2.24, 2.45) is 0 Å². The number of nitrogens with zero attached hydrogens (tertiary/aromatic N) is 4. The Hall–Kier alpha value is -3.36. The van der Waals surface area contributed by atoms with Gasteiger partial charge in [-0.25, -0.2) is 4.98 Å². The van der Waals surface area contributed by atoms with E-state index in [0.29, 0.717) is 21.7 Å². The van der Waals surface area contributed by atoms with Crippen LogP contribution < -0.4 is 15.0 Å². The second-order valence-electron chi connectivity index (χ2n) is 6.74. The van der Waals surface area contributed by atoms with E-state index in [0.717, 1.165) is 22.2 Å². The molecule has 0 spiro atoms. The normalized spacial score (nSPS) is 13.3. The molecule has 3 heterocycles. The van der Waals surface area contributed by atoms with Gasteiger partial charge in [-0.05, 0) is 36.8 Å². The van der Waals surface area contributed by atoms with Gasteiger partial charge in [-0.2, -0.15) is 10.1 Å². The minimum atomic E-state index is -0.339. The largest absolute Gasteiger partial charge is 0.455 e. The molecule has 1 aliphatic rings. The van der Waals surface area contributed by atoms with Gasteiger partial charge in [0, 0.05) is 17.3 Å². The van der Waals surface area contributed by atoms with Crippen molar-refractivity contribution in [3.8, 4) is 5.88 Å². The Bertz CT molecular complexity index is 1290. The molecule has 1 aliphatic heterocycles. The number of anilines is 3. The van der Waals surface area contributed by atoms with Crippen LogP contribution in [0.15, 0.2) is 42.7 Å². The number of aryl methyl sites for hydroxylation is 1. The number of hydrogen-bond acceptors (Lipinski definition) is 6. The minimum Gasteiger partial charge on any atom is -0.455 e. The number of amides is 1. The van der Waals surface area contributed by atoms with Gasteiger partial charge in [-0.1, -0.05) is 29.3 Å². The van der Waals surface area contributed by atoms with E-state index >= 15 is 0 Å². The molecule has 0 unspecified atom stereocenters. The Kier molecular flexibility index (Phi) is 4.45. The molecule has 2 aromatic carbocycles. The summed E-state index contributed by atoms with van der Waals surface area (Å²) in [4.78, 5) is 22.9. The molecule has 2 N–H and O–H groups in total. The average Bonchev–Trinajstić information content (AvgIpc) is 3.19. The Morgan fingerprint density at radius 2 is 2.00 bits per heavy atom. The molecule has 150 valence electrons. The SMILES string of the molecule is Cc1cc(Nc2ncc3c(n2)OCN(c2c(Cl)cccc2Cl)C3=O)cc2cn[nH]c12. The van der Waals surface area contributed by atoms with Gasteiger partial charge in [0.15, 0.2) is 6.73 Å². The van der Waals surface area contributed by atoms with Gasteiger partial charge in [-0.3, -0.25) is 14.8 Å². The molecule has 30 heavy (non-hydrogen) atoms. The highest BCUT2D eigenvalue weighted by Crippen LogP contribution is 2.37. The summed E-state index contributed by atoms with van der Waals surface area (Å²) in [5.74, 6) is 0.166. The van der Waals surface area contributed by atoms with Crippen molar-refractivity contribution in [1.82, 2.24) is 20.2 Å². The molecule has 0 aliphatic carbocycles. The highest BCUT2D eigenvalue weighted by atomic mass is 35.5. The number of para-hydroxylation sites is 1. The Morgan fingerprint density at radius 1 is 1.20 bits per heavy atom. The predicted octanol–water partition coefficient (Wildman–Crippen LogP) is 4.71. The molecule has 0 saturated carbocycles. The van der Waals surface area contributed by atoms with Gasteiger partial charge in [0.1, 0.15) is 5.56 Å². The van der Waals surface area contributed by atoms with E-state index in [2.05, 4.69) is 25.5 Å². The molecule has 10 heteroatoms. The number of benzene rings is 2. The summed E-state index contributed by atoms with van der Waals surface area (Å²) in [5.41, 5.74) is 3.42. The van der Waals surface area contributed by atoms with Crippen molar-refractivity contribution in [1.29, 1.82) is 0 Å². The molecule has 0 fully saturated rings. The van der Waals surface area contributed by atoms with Crippen LogP contribution in [0, 0.1) is 6.92 Å². The summed E-state index contributed by atoms with van der Waals surface area (Å²) < 4.78 is 5.71. The molecule has 2 aromatic heterocycles. The van der Waals surface area contributed by atoms with Crippen LogP contribution in [-0.4, -0.2) is 32.8 Å². The quantitative estimate of drug-likeness (QED) is 0.478. The number of rotatable bonds is 3. The molecule has 8 nitrogen and oxygen atoms in total. The summed E-state index contributed by atoms with van der Waals surface area (Å²) in [6, 6.07) is 8.92. The molecule has 4 aromatic rings. The fourth-order valence-corrected chi connectivity index (χ4v) is 3.96. The number of H-pyrrole nitrogens is 1. The van der Waals surface area contributed by atoms with Crippen LogP contribution in [0.2, 0.25) is 10.0 Å². The number of carbonyl (C=O) groups is 1. The summed E-state index contributed by atoms with van der Waals surface area (Å²) >= 11 is 12.5. The zero-order chi connectivity index (χ0) is 20.8. The van der Waals surface area contributed by atoms with Gasteiger partial charge >= 0.3 is 0 Å². The third-order valence-corrected chi connectivity index (χ3v) is 5.38. The maximum Gasteiger partial charge on any atom is 0.268 e. The number of aromatic amines is 1. The second-order valence-corrected chi connectivity index (χ2v) is 7.56. The molecular formula is C20H14Cl2N6O2. The Balaban J connectivity index is 1.44. The molecule has 0 bridgehead atoms. The van der Waals surface area contributed by atoms with Gasteiger partial charge in [-0.15, -0.1) is 0 Å². The van der Waals surface area contributed by atoms with Crippen molar-refractivity contribution < 1.29 is 9.53 Å².